The Kier molecular flexibility index (Phi) is 4.84. The topological polar surface area (TPSA) is 59.6 Å². The van der Waals surface area contributed by atoms with E-state index in [1.807, 2.05) is 13.0 Å². The minimum atomic E-state index is 0.569. The van der Waals surface area contributed by atoms with Gasteiger partial charge in [0.15, 0.2) is 0 Å². The summed E-state index contributed by atoms with van der Waals surface area (Å²) in [5.74, 6) is 1.32. The van der Waals surface area contributed by atoms with Crippen molar-refractivity contribution in [3.63, 3.8) is 0 Å². The first-order valence-corrected chi connectivity index (χ1v) is 5.46. The van der Waals surface area contributed by atoms with Gasteiger partial charge in [-0.15, -0.1) is 0 Å². The Hall–Kier alpha value is -1.68. The molecule has 0 aromatic heterocycles. The minimum absolute atomic E-state index is 0.569. The monoisotopic (exact) mass is 253 g/mol. The van der Waals surface area contributed by atoms with Gasteiger partial charge in [0, 0.05) is 30.6 Å². The lowest BCUT2D eigenvalue weighted by molar-refractivity contribution is 0.415. The number of hydrogen-bond donors (Lipinski definition) is 2. The van der Waals surface area contributed by atoms with Gasteiger partial charge in [0.25, 0.3) is 0 Å². The average molecular weight is 254 g/mol. The van der Waals surface area contributed by atoms with Crippen molar-refractivity contribution in [3.05, 3.63) is 35.0 Å². The first kappa shape index (κ1) is 13.4. The Bertz CT molecular complexity index is 455. The molecule has 0 aliphatic heterocycles. The van der Waals surface area contributed by atoms with Gasteiger partial charge in [0.05, 0.1) is 12.1 Å². The molecule has 17 heavy (non-hydrogen) atoms. The molecular formula is C12H16ClN3O. The Labute approximate surface area is 106 Å². The van der Waals surface area contributed by atoms with Crippen molar-refractivity contribution < 1.29 is 4.74 Å². The van der Waals surface area contributed by atoms with Gasteiger partial charge in [-0.25, -0.2) is 0 Å². The third-order valence-corrected chi connectivity index (χ3v) is 2.57. The van der Waals surface area contributed by atoms with Crippen LogP contribution in [0.1, 0.15) is 6.92 Å². The number of nitrogens with one attached hydrogen (secondary N) is 1. The first-order valence-electron chi connectivity index (χ1n) is 5.08. The highest BCUT2D eigenvalue weighted by Crippen LogP contribution is 2.27. The number of hydrogen-bond acceptors (Lipinski definition) is 3. The van der Waals surface area contributed by atoms with Crippen molar-refractivity contribution >= 4 is 23.1 Å². The van der Waals surface area contributed by atoms with Crippen LogP contribution in [-0.2, 0) is 0 Å². The van der Waals surface area contributed by atoms with Crippen molar-refractivity contribution in [1.29, 1.82) is 0 Å². The quantitative estimate of drug-likeness (QED) is 0.643. The standard InChI is InChI=1S/C12H16ClN3O/c1-8(7-14)12(15-2)16-9-4-5-10(13)11(6-9)17-3/h4-7H,14H2,1-3H3,(H,15,16)/b8-7-. The number of nitrogens with two attached hydrogens (primary N) is 1. The molecule has 0 amide bonds. The summed E-state index contributed by atoms with van der Waals surface area (Å²) in [6, 6.07) is 5.41. The van der Waals surface area contributed by atoms with Gasteiger partial charge in [-0.05, 0) is 19.1 Å². The normalized spacial score (nSPS) is 12.5. The highest BCUT2D eigenvalue weighted by Gasteiger charge is 2.05. The molecule has 0 heterocycles. The molecular weight excluding hydrogens is 238 g/mol. The van der Waals surface area contributed by atoms with Crippen LogP contribution in [0.4, 0.5) is 5.69 Å². The van der Waals surface area contributed by atoms with E-state index in [0.717, 1.165) is 11.3 Å². The molecule has 4 nitrogen and oxygen atoms in total. The highest BCUT2D eigenvalue weighted by molar-refractivity contribution is 6.32. The average Bonchev–Trinajstić information content (AvgIpc) is 2.36. The van der Waals surface area contributed by atoms with E-state index in [1.165, 1.54) is 6.20 Å². The molecule has 92 valence electrons. The van der Waals surface area contributed by atoms with Crippen LogP contribution in [0, 0.1) is 0 Å². The van der Waals surface area contributed by atoms with Gasteiger partial charge >= 0.3 is 0 Å². The fourth-order valence-electron chi connectivity index (χ4n) is 1.28. The summed E-state index contributed by atoms with van der Waals surface area (Å²) in [6.45, 7) is 1.88. The lowest BCUT2D eigenvalue weighted by Crippen LogP contribution is -2.14. The zero-order valence-corrected chi connectivity index (χ0v) is 10.9. The first-order chi connectivity index (χ1) is 8.12. The van der Waals surface area contributed by atoms with E-state index in [9.17, 15) is 0 Å². The molecule has 0 saturated heterocycles. The second-order valence-corrected chi connectivity index (χ2v) is 3.80. The number of amidine groups is 1. The molecule has 1 aromatic carbocycles. The Morgan fingerprint density at radius 1 is 1.53 bits per heavy atom. The van der Waals surface area contributed by atoms with Crippen LogP contribution in [0.3, 0.4) is 0 Å². The molecule has 0 spiro atoms. The largest absolute Gasteiger partial charge is 0.495 e. The molecule has 3 N–H and O–H groups in total. The van der Waals surface area contributed by atoms with E-state index in [2.05, 4.69) is 10.3 Å². The van der Waals surface area contributed by atoms with E-state index < -0.39 is 0 Å². The SMILES string of the molecule is CN=C(Nc1ccc(Cl)c(OC)c1)/C(C)=C\N. The van der Waals surface area contributed by atoms with Crippen LogP contribution in [0.15, 0.2) is 35.0 Å². The van der Waals surface area contributed by atoms with Crippen LogP contribution in [0.5, 0.6) is 5.75 Å². The minimum Gasteiger partial charge on any atom is -0.495 e. The van der Waals surface area contributed by atoms with E-state index in [0.29, 0.717) is 16.6 Å². The number of anilines is 1. The number of benzene rings is 1. The van der Waals surface area contributed by atoms with Crippen LogP contribution < -0.4 is 15.8 Å². The molecule has 0 radical (unpaired) electrons. The van der Waals surface area contributed by atoms with Gasteiger partial charge in [0.2, 0.25) is 0 Å². The second-order valence-electron chi connectivity index (χ2n) is 3.40. The van der Waals surface area contributed by atoms with Crippen LogP contribution >= 0.6 is 11.6 Å². The van der Waals surface area contributed by atoms with Gasteiger partial charge in [0.1, 0.15) is 11.6 Å². The fourth-order valence-corrected chi connectivity index (χ4v) is 1.48. The van der Waals surface area contributed by atoms with E-state index >= 15 is 0 Å². The number of rotatable bonds is 3. The lowest BCUT2D eigenvalue weighted by atomic mass is 10.2. The maximum Gasteiger partial charge on any atom is 0.139 e. The van der Waals surface area contributed by atoms with Crippen molar-refractivity contribution in [2.75, 3.05) is 19.5 Å². The number of ether oxygens (including phenoxy) is 1. The number of halogens is 1. The van der Waals surface area contributed by atoms with Crippen molar-refractivity contribution in [3.8, 4) is 5.75 Å². The third-order valence-electron chi connectivity index (χ3n) is 2.26. The molecule has 0 atom stereocenters. The smallest absolute Gasteiger partial charge is 0.139 e. The summed E-state index contributed by atoms with van der Waals surface area (Å²) in [5, 5.41) is 3.71. The lowest BCUT2D eigenvalue weighted by Gasteiger charge is -2.11. The van der Waals surface area contributed by atoms with Crippen LogP contribution in [-0.4, -0.2) is 20.0 Å². The fraction of sp³-hybridized carbons (Fsp3) is 0.250. The Balaban J connectivity index is 2.95. The summed E-state index contributed by atoms with van der Waals surface area (Å²) < 4.78 is 5.14. The molecule has 0 bridgehead atoms. The molecule has 1 aromatic rings. The van der Waals surface area contributed by atoms with Crippen molar-refractivity contribution in [1.82, 2.24) is 0 Å². The highest BCUT2D eigenvalue weighted by atomic mass is 35.5. The molecule has 0 aliphatic rings. The molecule has 0 aliphatic carbocycles. The van der Waals surface area contributed by atoms with E-state index in [4.69, 9.17) is 22.1 Å². The predicted molar refractivity (Wildman–Crippen MR) is 72.9 cm³/mol. The third kappa shape index (κ3) is 3.39. The Morgan fingerprint density at radius 2 is 2.24 bits per heavy atom. The number of aliphatic imine (C=N–C) groups is 1. The molecule has 0 fully saturated rings. The summed E-state index contributed by atoms with van der Waals surface area (Å²) in [6.07, 6.45) is 1.50. The number of nitrogens with zero attached hydrogens (tertiary/aromatic N) is 1. The maximum atomic E-state index is 5.94. The van der Waals surface area contributed by atoms with Gasteiger partial charge < -0.3 is 15.8 Å². The second kappa shape index (κ2) is 6.15. The molecule has 1 rings (SSSR count). The zero-order valence-electron chi connectivity index (χ0n) is 10.1. The van der Waals surface area contributed by atoms with Crippen molar-refractivity contribution in [2.45, 2.75) is 6.92 Å². The van der Waals surface area contributed by atoms with Crippen molar-refractivity contribution in [2.24, 2.45) is 10.7 Å². The maximum absolute atomic E-state index is 5.94. The summed E-state index contributed by atoms with van der Waals surface area (Å²) in [7, 11) is 3.27. The van der Waals surface area contributed by atoms with Gasteiger partial charge in [-0.2, -0.15) is 0 Å². The Morgan fingerprint density at radius 3 is 2.76 bits per heavy atom. The summed E-state index contributed by atoms with van der Waals surface area (Å²) in [4.78, 5) is 4.12. The predicted octanol–water partition coefficient (Wildman–Crippen LogP) is 2.65. The zero-order chi connectivity index (χ0) is 12.8. The number of methoxy groups -OCH3 is 1. The molecule has 0 saturated carbocycles. The van der Waals surface area contributed by atoms with Gasteiger partial charge in [-0.3, -0.25) is 4.99 Å². The summed E-state index contributed by atoms with van der Waals surface area (Å²) in [5.41, 5.74) is 7.16. The van der Waals surface area contributed by atoms with E-state index in [-0.39, 0.29) is 0 Å². The van der Waals surface area contributed by atoms with Gasteiger partial charge in [-0.1, -0.05) is 11.6 Å². The molecule has 5 heteroatoms. The summed E-state index contributed by atoms with van der Waals surface area (Å²) >= 11 is 5.94. The van der Waals surface area contributed by atoms with Crippen LogP contribution in [0.25, 0.3) is 0 Å². The molecule has 0 unspecified atom stereocenters. The van der Waals surface area contributed by atoms with E-state index in [1.54, 1.807) is 26.3 Å². The van der Waals surface area contributed by atoms with Crippen LogP contribution in [0.2, 0.25) is 5.02 Å².